The molecule has 0 aliphatic heterocycles. The van der Waals surface area contributed by atoms with Gasteiger partial charge in [-0.25, -0.2) is 8.78 Å². The van der Waals surface area contributed by atoms with E-state index in [0.717, 1.165) is 0 Å². The zero-order chi connectivity index (χ0) is 13.9. The van der Waals surface area contributed by atoms with E-state index in [2.05, 4.69) is 0 Å². The lowest BCUT2D eigenvalue weighted by molar-refractivity contribution is -0.00366. The van der Waals surface area contributed by atoms with Gasteiger partial charge in [-0.05, 0) is 35.4 Å². The van der Waals surface area contributed by atoms with Crippen LogP contribution in [-0.2, 0) is 10.3 Å². The van der Waals surface area contributed by atoms with E-state index in [4.69, 9.17) is 4.74 Å². The number of aliphatic hydroxyl groups is 1. The molecule has 0 fully saturated rings. The van der Waals surface area contributed by atoms with E-state index in [1.807, 2.05) is 0 Å². The van der Waals surface area contributed by atoms with Crippen LogP contribution in [0.2, 0.25) is 0 Å². The molecular formula is C15H14F2O2. The zero-order valence-corrected chi connectivity index (χ0v) is 10.4. The molecule has 2 rings (SSSR count). The molecule has 0 unspecified atom stereocenters. The predicted octanol–water partition coefficient (Wildman–Crippen LogP) is 2.85. The third-order valence-corrected chi connectivity index (χ3v) is 2.96. The van der Waals surface area contributed by atoms with Crippen molar-refractivity contribution in [1.82, 2.24) is 0 Å². The Bertz CT molecular complexity index is 524. The molecule has 0 saturated carbocycles. The smallest absolute Gasteiger partial charge is 0.138 e. The molecule has 0 bridgehead atoms. The van der Waals surface area contributed by atoms with E-state index in [9.17, 15) is 13.9 Å². The Kier molecular flexibility index (Phi) is 3.93. The van der Waals surface area contributed by atoms with Crippen LogP contribution in [0.5, 0.6) is 0 Å². The minimum absolute atomic E-state index is 0.0973. The summed E-state index contributed by atoms with van der Waals surface area (Å²) in [6.45, 7) is -0.0973. The summed E-state index contributed by atoms with van der Waals surface area (Å²) in [5.41, 5.74) is -0.946. The van der Waals surface area contributed by atoms with Crippen LogP contribution in [0.15, 0.2) is 48.5 Å². The molecule has 0 aliphatic carbocycles. The molecule has 2 aromatic rings. The highest BCUT2D eigenvalue weighted by molar-refractivity contribution is 5.36. The largest absolute Gasteiger partial charge is 0.381 e. The number of methoxy groups -OCH3 is 1. The zero-order valence-electron chi connectivity index (χ0n) is 10.4. The van der Waals surface area contributed by atoms with E-state index in [0.29, 0.717) is 11.1 Å². The molecule has 2 nitrogen and oxygen atoms in total. The molecular weight excluding hydrogens is 250 g/mol. The predicted molar refractivity (Wildman–Crippen MR) is 67.7 cm³/mol. The molecule has 2 aromatic carbocycles. The van der Waals surface area contributed by atoms with Crippen molar-refractivity contribution in [2.24, 2.45) is 0 Å². The van der Waals surface area contributed by atoms with Gasteiger partial charge in [0.2, 0.25) is 0 Å². The standard InChI is InChI=1S/C15H14F2O2/c1-19-10-15(18,11-4-2-6-13(16)8-11)12-5-3-7-14(17)9-12/h2-9,18H,10H2,1H3. The van der Waals surface area contributed by atoms with Crippen LogP contribution in [0, 0.1) is 11.6 Å². The van der Waals surface area contributed by atoms with Crippen LogP contribution < -0.4 is 0 Å². The Morgan fingerprint density at radius 1 is 1.00 bits per heavy atom. The molecule has 0 heterocycles. The van der Waals surface area contributed by atoms with Crippen molar-refractivity contribution in [3.63, 3.8) is 0 Å². The van der Waals surface area contributed by atoms with Crippen molar-refractivity contribution < 1.29 is 18.6 Å². The van der Waals surface area contributed by atoms with E-state index >= 15 is 0 Å². The second-order valence-corrected chi connectivity index (χ2v) is 4.31. The summed E-state index contributed by atoms with van der Waals surface area (Å²) in [6, 6.07) is 11.1. The second-order valence-electron chi connectivity index (χ2n) is 4.31. The SMILES string of the molecule is COCC(O)(c1cccc(F)c1)c1cccc(F)c1. The molecule has 0 radical (unpaired) electrons. The summed E-state index contributed by atoms with van der Waals surface area (Å²) in [7, 11) is 1.42. The fourth-order valence-electron chi connectivity index (χ4n) is 2.03. The molecule has 0 saturated heterocycles. The lowest BCUT2D eigenvalue weighted by atomic mass is 9.87. The Morgan fingerprint density at radius 2 is 1.47 bits per heavy atom. The summed E-state index contributed by atoms with van der Waals surface area (Å²) in [5, 5.41) is 10.7. The lowest BCUT2D eigenvalue weighted by Gasteiger charge is -2.28. The first-order chi connectivity index (χ1) is 9.06. The number of hydrogen-bond acceptors (Lipinski definition) is 2. The van der Waals surface area contributed by atoms with Gasteiger partial charge in [-0.1, -0.05) is 24.3 Å². The first kappa shape index (κ1) is 13.6. The third kappa shape index (κ3) is 2.80. The number of halogens is 2. The van der Waals surface area contributed by atoms with E-state index in [1.54, 1.807) is 12.1 Å². The quantitative estimate of drug-likeness (QED) is 0.920. The monoisotopic (exact) mass is 264 g/mol. The maximum Gasteiger partial charge on any atom is 0.138 e. The third-order valence-electron chi connectivity index (χ3n) is 2.96. The first-order valence-electron chi connectivity index (χ1n) is 5.79. The number of benzene rings is 2. The molecule has 4 heteroatoms. The maximum atomic E-state index is 13.3. The van der Waals surface area contributed by atoms with E-state index in [1.165, 1.54) is 43.5 Å². The van der Waals surface area contributed by atoms with Gasteiger partial charge in [0.25, 0.3) is 0 Å². The lowest BCUT2D eigenvalue weighted by Crippen LogP contribution is -2.32. The van der Waals surface area contributed by atoms with Crippen LogP contribution >= 0.6 is 0 Å². The van der Waals surface area contributed by atoms with Crippen molar-refractivity contribution in [1.29, 1.82) is 0 Å². The molecule has 0 aromatic heterocycles. The van der Waals surface area contributed by atoms with Gasteiger partial charge in [0.1, 0.15) is 17.2 Å². The highest BCUT2D eigenvalue weighted by Gasteiger charge is 2.32. The van der Waals surface area contributed by atoms with Crippen LogP contribution in [-0.4, -0.2) is 18.8 Å². The van der Waals surface area contributed by atoms with E-state index < -0.39 is 17.2 Å². The number of ether oxygens (including phenoxy) is 1. The minimum Gasteiger partial charge on any atom is -0.381 e. The Balaban J connectivity index is 2.54. The average Bonchev–Trinajstić information content (AvgIpc) is 2.39. The van der Waals surface area contributed by atoms with Crippen molar-refractivity contribution in [2.75, 3.05) is 13.7 Å². The Morgan fingerprint density at radius 3 is 1.84 bits per heavy atom. The van der Waals surface area contributed by atoms with Crippen molar-refractivity contribution in [3.8, 4) is 0 Å². The van der Waals surface area contributed by atoms with Gasteiger partial charge in [-0.2, -0.15) is 0 Å². The molecule has 100 valence electrons. The summed E-state index contributed by atoms with van der Waals surface area (Å²) in [4.78, 5) is 0. The number of hydrogen-bond donors (Lipinski definition) is 1. The van der Waals surface area contributed by atoms with Gasteiger partial charge in [0.05, 0.1) is 6.61 Å². The highest BCUT2D eigenvalue weighted by Crippen LogP contribution is 2.30. The van der Waals surface area contributed by atoms with Gasteiger partial charge in [0.15, 0.2) is 0 Å². The fraction of sp³-hybridized carbons (Fsp3) is 0.200. The molecule has 0 aliphatic rings. The van der Waals surface area contributed by atoms with Gasteiger partial charge in [-0.3, -0.25) is 0 Å². The average molecular weight is 264 g/mol. The van der Waals surface area contributed by atoms with Crippen molar-refractivity contribution >= 4 is 0 Å². The minimum atomic E-state index is -1.58. The maximum absolute atomic E-state index is 13.3. The Labute approximate surface area is 110 Å². The van der Waals surface area contributed by atoms with Crippen LogP contribution in [0.4, 0.5) is 8.78 Å². The first-order valence-corrected chi connectivity index (χ1v) is 5.79. The summed E-state index contributed by atoms with van der Waals surface area (Å²) < 4.78 is 31.6. The van der Waals surface area contributed by atoms with Gasteiger partial charge in [0, 0.05) is 7.11 Å². The van der Waals surface area contributed by atoms with Crippen molar-refractivity contribution in [3.05, 3.63) is 71.3 Å². The molecule has 0 spiro atoms. The fourth-order valence-corrected chi connectivity index (χ4v) is 2.03. The molecule has 0 atom stereocenters. The normalized spacial score (nSPS) is 11.6. The molecule has 0 amide bonds. The highest BCUT2D eigenvalue weighted by atomic mass is 19.1. The summed E-state index contributed by atoms with van der Waals surface area (Å²) in [5.74, 6) is -0.938. The van der Waals surface area contributed by atoms with Crippen LogP contribution in [0.1, 0.15) is 11.1 Å². The molecule has 1 N–H and O–H groups in total. The van der Waals surface area contributed by atoms with Gasteiger partial charge in [-0.15, -0.1) is 0 Å². The van der Waals surface area contributed by atoms with Gasteiger partial charge < -0.3 is 9.84 Å². The topological polar surface area (TPSA) is 29.5 Å². The van der Waals surface area contributed by atoms with E-state index in [-0.39, 0.29) is 6.61 Å². The Hall–Kier alpha value is -1.78. The van der Waals surface area contributed by atoms with Crippen molar-refractivity contribution in [2.45, 2.75) is 5.60 Å². The van der Waals surface area contributed by atoms with Crippen LogP contribution in [0.25, 0.3) is 0 Å². The second kappa shape index (κ2) is 5.47. The number of rotatable bonds is 4. The summed E-state index contributed by atoms with van der Waals surface area (Å²) >= 11 is 0. The summed E-state index contributed by atoms with van der Waals surface area (Å²) in [6.07, 6.45) is 0. The van der Waals surface area contributed by atoms with Gasteiger partial charge >= 0.3 is 0 Å². The van der Waals surface area contributed by atoms with Crippen LogP contribution in [0.3, 0.4) is 0 Å². The molecule has 19 heavy (non-hydrogen) atoms.